The summed E-state index contributed by atoms with van der Waals surface area (Å²) in [5, 5.41) is 0. The molecule has 0 saturated heterocycles. The van der Waals surface area contributed by atoms with Gasteiger partial charge in [0.15, 0.2) is 17.3 Å². The molecule has 148 valence electrons. The van der Waals surface area contributed by atoms with E-state index in [2.05, 4.69) is 0 Å². The summed E-state index contributed by atoms with van der Waals surface area (Å²) in [5.41, 5.74) is 1.23. The van der Waals surface area contributed by atoms with Gasteiger partial charge in [0.05, 0.1) is 26.9 Å². The molecule has 0 radical (unpaired) electrons. The third-order valence-electron chi connectivity index (χ3n) is 4.23. The Morgan fingerprint density at radius 1 is 0.759 bits per heavy atom. The molecule has 5 heteroatoms. The molecule has 0 N–H and O–H groups in total. The molecular formula is C24H22O5. The zero-order chi connectivity index (χ0) is 20.6. The Morgan fingerprint density at radius 3 is 2.17 bits per heavy atom. The van der Waals surface area contributed by atoms with Gasteiger partial charge >= 0.3 is 0 Å². The first-order chi connectivity index (χ1) is 14.2. The Morgan fingerprint density at radius 2 is 1.48 bits per heavy atom. The van der Waals surface area contributed by atoms with Crippen LogP contribution in [0.15, 0.2) is 72.8 Å². The monoisotopic (exact) mass is 390 g/mol. The smallest absolute Gasteiger partial charge is 0.204 e. The van der Waals surface area contributed by atoms with Gasteiger partial charge in [-0.25, -0.2) is 0 Å². The van der Waals surface area contributed by atoms with Crippen molar-refractivity contribution >= 4 is 11.9 Å². The normalized spacial score (nSPS) is 10.6. The molecule has 0 aliphatic carbocycles. The first-order valence-corrected chi connectivity index (χ1v) is 9.00. The first kappa shape index (κ1) is 20.0. The van der Waals surface area contributed by atoms with Crippen LogP contribution in [0.1, 0.15) is 15.9 Å². The van der Waals surface area contributed by atoms with Crippen LogP contribution < -0.4 is 18.9 Å². The fourth-order valence-electron chi connectivity index (χ4n) is 2.86. The molecule has 0 aliphatic heterocycles. The second-order valence-electron chi connectivity index (χ2n) is 6.07. The molecule has 0 spiro atoms. The quantitative estimate of drug-likeness (QED) is 0.381. The number of rotatable bonds is 8. The first-order valence-electron chi connectivity index (χ1n) is 9.00. The maximum absolute atomic E-state index is 12.7. The molecule has 3 aromatic carbocycles. The van der Waals surface area contributed by atoms with Crippen molar-refractivity contribution in [1.29, 1.82) is 0 Å². The molecule has 5 nitrogen and oxygen atoms in total. The van der Waals surface area contributed by atoms with Crippen LogP contribution >= 0.6 is 0 Å². The van der Waals surface area contributed by atoms with Crippen molar-refractivity contribution in [2.24, 2.45) is 0 Å². The van der Waals surface area contributed by atoms with Crippen molar-refractivity contribution < 1.29 is 23.7 Å². The van der Waals surface area contributed by atoms with Crippen molar-refractivity contribution in [3.63, 3.8) is 0 Å². The molecule has 3 rings (SSSR count). The summed E-state index contributed by atoms with van der Waals surface area (Å²) in [5.74, 6) is 2.44. The molecule has 0 unspecified atom stereocenters. The second kappa shape index (κ2) is 9.46. The molecule has 0 atom stereocenters. The largest absolute Gasteiger partial charge is 0.493 e. The van der Waals surface area contributed by atoms with E-state index in [0.29, 0.717) is 28.6 Å². The zero-order valence-electron chi connectivity index (χ0n) is 16.5. The highest BCUT2D eigenvalue weighted by Crippen LogP contribution is 2.40. The zero-order valence-corrected chi connectivity index (χ0v) is 16.5. The molecule has 3 aromatic rings. The van der Waals surface area contributed by atoms with E-state index in [4.69, 9.17) is 18.9 Å². The summed E-state index contributed by atoms with van der Waals surface area (Å²) in [4.78, 5) is 12.7. The van der Waals surface area contributed by atoms with Crippen LogP contribution in [0.2, 0.25) is 0 Å². The van der Waals surface area contributed by atoms with Crippen molar-refractivity contribution in [1.82, 2.24) is 0 Å². The fourth-order valence-corrected chi connectivity index (χ4v) is 2.86. The summed E-state index contributed by atoms with van der Waals surface area (Å²) in [6.07, 6.45) is 3.22. The third kappa shape index (κ3) is 4.76. The van der Waals surface area contributed by atoms with Crippen LogP contribution in [0.5, 0.6) is 28.7 Å². The number of hydrogen-bond donors (Lipinski definition) is 0. The van der Waals surface area contributed by atoms with E-state index in [0.717, 1.165) is 11.3 Å². The number of carbonyl (C=O) groups is 1. The highest BCUT2D eigenvalue weighted by atomic mass is 16.5. The number of hydrogen-bond acceptors (Lipinski definition) is 5. The maximum Gasteiger partial charge on any atom is 0.204 e. The third-order valence-corrected chi connectivity index (χ3v) is 4.23. The van der Waals surface area contributed by atoms with Gasteiger partial charge in [-0.1, -0.05) is 36.4 Å². The minimum absolute atomic E-state index is 0.211. The molecule has 0 fully saturated rings. The summed E-state index contributed by atoms with van der Waals surface area (Å²) in [7, 11) is 4.52. The van der Waals surface area contributed by atoms with Crippen LogP contribution in [0.25, 0.3) is 6.08 Å². The molecule has 0 aromatic heterocycles. The standard InChI is InChI=1S/C24H22O5/c1-26-22-15-13-20(23(27-2)24(22)28-3)21(25)14-12-17-8-7-11-19(16-17)29-18-9-5-4-6-10-18/h4-16H,1-3H3/b14-12+. The van der Waals surface area contributed by atoms with E-state index >= 15 is 0 Å². The van der Waals surface area contributed by atoms with E-state index in [9.17, 15) is 4.79 Å². The Bertz CT molecular complexity index is 1010. The van der Waals surface area contributed by atoms with Crippen molar-refractivity contribution in [2.45, 2.75) is 0 Å². The van der Waals surface area contributed by atoms with Gasteiger partial charge in [0.2, 0.25) is 5.75 Å². The second-order valence-corrected chi connectivity index (χ2v) is 6.07. The van der Waals surface area contributed by atoms with Gasteiger partial charge in [-0.05, 0) is 48.0 Å². The Kier molecular flexibility index (Phi) is 6.53. The van der Waals surface area contributed by atoms with Gasteiger partial charge in [0.25, 0.3) is 0 Å². The Balaban J connectivity index is 1.82. The average Bonchev–Trinajstić information content (AvgIpc) is 2.77. The molecule has 0 heterocycles. The van der Waals surface area contributed by atoms with Crippen LogP contribution in [0.4, 0.5) is 0 Å². The minimum atomic E-state index is -0.211. The van der Waals surface area contributed by atoms with Gasteiger partial charge in [-0.15, -0.1) is 0 Å². The lowest BCUT2D eigenvalue weighted by molar-refractivity contribution is 0.104. The highest BCUT2D eigenvalue weighted by molar-refractivity contribution is 6.09. The number of para-hydroxylation sites is 1. The predicted molar refractivity (Wildman–Crippen MR) is 112 cm³/mol. The van der Waals surface area contributed by atoms with E-state index in [1.807, 2.05) is 54.6 Å². The SMILES string of the molecule is COc1ccc(C(=O)/C=C/c2cccc(Oc3ccccc3)c2)c(OC)c1OC. The van der Waals surface area contributed by atoms with E-state index in [1.165, 1.54) is 27.4 Å². The van der Waals surface area contributed by atoms with Gasteiger partial charge in [-0.3, -0.25) is 4.79 Å². The van der Waals surface area contributed by atoms with E-state index in [1.54, 1.807) is 18.2 Å². The minimum Gasteiger partial charge on any atom is -0.493 e. The van der Waals surface area contributed by atoms with Crippen molar-refractivity contribution in [2.75, 3.05) is 21.3 Å². The van der Waals surface area contributed by atoms with Crippen molar-refractivity contribution in [3.8, 4) is 28.7 Å². The lowest BCUT2D eigenvalue weighted by atomic mass is 10.1. The van der Waals surface area contributed by atoms with E-state index < -0.39 is 0 Å². The Hall–Kier alpha value is -3.73. The maximum atomic E-state index is 12.7. The van der Waals surface area contributed by atoms with Crippen LogP contribution in [-0.4, -0.2) is 27.1 Å². The van der Waals surface area contributed by atoms with Gasteiger partial charge in [-0.2, -0.15) is 0 Å². The van der Waals surface area contributed by atoms with Crippen LogP contribution in [0.3, 0.4) is 0 Å². The molecule has 0 saturated carbocycles. The van der Waals surface area contributed by atoms with Crippen molar-refractivity contribution in [3.05, 3.63) is 83.9 Å². The van der Waals surface area contributed by atoms with Gasteiger partial charge in [0.1, 0.15) is 11.5 Å². The summed E-state index contributed by atoms with van der Waals surface area (Å²) >= 11 is 0. The topological polar surface area (TPSA) is 54.0 Å². The van der Waals surface area contributed by atoms with E-state index in [-0.39, 0.29) is 5.78 Å². The number of methoxy groups -OCH3 is 3. The lowest BCUT2D eigenvalue weighted by Gasteiger charge is -2.14. The fraction of sp³-hybridized carbons (Fsp3) is 0.125. The summed E-state index contributed by atoms with van der Waals surface area (Å²) in [6.45, 7) is 0. The molecule has 0 bridgehead atoms. The Labute approximate surface area is 170 Å². The summed E-state index contributed by atoms with van der Waals surface area (Å²) < 4.78 is 21.8. The van der Waals surface area contributed by atoms with Gasteiger partial charge < -0.3 is 18.9 Å². The molecular weight excluding hydrogens is 368 g/mol. The van der Waals surface area contributed by atoms with Gasteiger partial charge in [0, 0.05) is 0 Å². The number of carbonyl (C=O) groups excluding carboxylic acids is 1. The molecule has 0 aliphatic rings. The highest BCUT2D eigenvalue weighted by Gasteiger charge is 2.19. The summed E-state index contributed by atoms with van der Waals surface area (Å²) in [6, 6.07) is 20.4. The van der Waals surface area contributed by atoms with Crippen LogP contribution in [0, 0.1) is 0 Å². The number of ether oxygens (including phenoxy) is 4. The number of benzene rings is 3. The average molecular weight is 390 g/mol. The lowest BCUT2D eigenvalue weighted by Crippen LogP contribution is -2.02. The van der Waals surface area contributed by atoms with Crippen LogP contribution in [-0.2, 0) is 0 Å². The number of ketones is 1. The molecule has 29 heavy (non-hydrogen) atoms. The predicted octanol–water partition coefficient (Wildman–Crippen LogP) is 5.40. The number of allylic oxidation sites excluding steroid dienone is 1. The molecule has 0 amide bonds.